The summed E-state index contributed by atoms with van der Waals surface area (Å²) in [4.78, 5) is 15.1. The molecule has 2 aromatic carbocycles. The van der Waals surface area contributed by atoms with E-state index >= 15 is 0 Å². The highest BCUT2D eigenvalue weighted by Gasteiger charge is 2.68. The molecule has 2 aromatic rings. The van der Waals surface area contributed by atoms with E-state index in [4.69, 9.17) is 9.47 Å². The summed E-state index contributed by atoms with van der Waals surface area (Å²) < 4.78 is 12.7. The number of ether oxygens (including phenoxy) is 2. The summed E-state index contributed by atoms with van der Waals surface area (Å²) in [5.74, 6) is 1.95. The van der Waals surface area contributed by atoms with Crippen molar-refractivity contribution in [2.24, 2.45) is 11.8 Å². The van der Waals surface area contributed by atoms with Gasteiger partial charge >= 0.3 is 5.97 Å². The van der Waals surface area contributed by atoms with Crippen LogP contribution in [-0.2, 0) is 21.4 Å². The standard InChI is InChI=1S/C28H31NO4/c1-16(30)32-25-20(18-5-3-2-4-6-18)14-21-22-13-19-9-10-23(31)26-24(19)28(21,27(25)33-26)11-12-29(22)15-17-7-8-17/h2-6,9-10,17,20-22,25,27,31H,7-8,11-15H2,1H3/t20-,21+,22-,25+,27+,28+/m1/s1. The first-order valence-corrected chi connectivity index (χ1v) is 12.5. The van der Waals surface area contributed by atoms with E-state index in [0.29, 0.717) is 17.7 Å². The summed E-state index contributed by atoms with van der Waals surface area (Å²) in [7, 11) is 0. The predicted molar refractivity (Wildman–Crippen MR) is 123 cm³/mol. The van der Waals surface area contributed by atoms with Gasteiger partial charge < -0.3 is 14.6 Å². The van der Waals surface area contributed by atoms with Crippen LogP contribution in [-0.4, -0.2) is 47.3 Å². The number of nitrogens with zero attached hydrogens (tertiary/aromatic N) is 1. The van der Waals surface area contributed by atoms with E-state index in [2.05, 4.69) is 35.2 Å². The van der Waals surface area contributed by atoms with Gasteiger partial charge in [-0.05, 0) is 67.7 Å². The van der Waals surface area contributed by atoms with Crippen LogP contribution in [0.3, 0.4) is 0 Å². The molecule has 1 N–H and O–H groups in total. The number of aromatic hydroxyl groups is 1. The van der Waals surface area contributed by atoms with Crippen LogP contribution in [0, 0.1) is 11.8 Å². The lowest BCUT2D eigenvalue weighted by Gasteiger charge is -2.60. The second-order valence-electron chi connectivity index (χ2n) is 10.9. The van der Waals surface area contributed by atoms with E-state index in [0.717, 1.165) is 31.7 Å². The van der Waals surface area contributed by atoms with Crippen molar-refractivity contribution in [2.75, 3.05) is 13.1 Å². The van der Waals surface area contributed by atoms with Gasteiger partial charge in [-0.25, -0.2) is 0 Å². The number of hydrogen-bond acceptors (Lipinski definition) is 5. The lowest BCUT2D eigenvalue weighted by Crippen LogP contribution is -2.68. The highest BCUT2D eigenvalue weighted by molar-refractivity contribution is 5.67. The van der Waals surface area contributed by atoms with Crippen LogP contribution in [0.2, 0.25) is 0 Å². The summed E-state index contributed by atoms with van der Waals surface area (Å²) in [6.07, 6.45) is 5.07. The number of carbonyl (C=O) groups is 1. The number of benzene rings is 2. The molecular formula is C28H31NO4. The molecule has 0 aromatic heterocycles. The summed E-state index contributed by atoms with van der Waals surface area (Å²) in [6.45, 7) is 3.75. The average molecular weight is 446 g/mol. The molecule has 0 amide bonds. The Morgan fingerprint density at radius 3 is 2.79 bits per heavy atom. The topological polar surface area (TPSA) is 59.0 Å². The molecule has 2 saturated carbocycles. The second-order valence-corrected chi connectivity index (χ2v) is 10.9. The monoisotopic (exact) mass is 445 g/mol. The third-order valence-corrected chi connectivity index (χ3v) is 9.20. The van der Waals surface area contributed by atoms with Crippen molar-refractivity contribution in [3.8, 4) is 11.5 Å². The van der Waals surface area contributed by atoms with Gasteiger partial charge in [0.1, 0.15) is 12.2 Å². The molecule has 1 spiro atoms. The summed E-state index contributed by atoms with van der Waals surface area (Å²) in [5, 5.41) is 10.8. The maximum Gasteiger partial charge on any atom is 0.303 e. The quantitative estimate of drug-likeness (QED) is 0.716. The Hall–Kier alpha value is -2.53. The maximum absolute atomic E-state index is 12.3. The molecule has 2 heterocycles. The smallest absolute Gasteiger partial charge is 0.303 e. The third-order valence-electron chi connectivity index (χ3n) is 9.20. The number of piperidine rings is 1. The second kappa shape index (κ2) is 6.99. The van der Waals surface area contributed by atoms with Crippen LogP contribution in [0.25, 0.3) is 0 Å². The Labute approximate surface area is 194 Å². The molecule has 5 aliphatic rings. The number of phenolic OH excluding ortho intramolecular Hbond substituents is 1. The van der Waals surface area contributed by atoms with Crippen LogP contribution < -0.4 is 4.74 Å². The summed E-state index contributed by atoms with van der Waals surface area (Å²) in [6, 6.07) is 14.9. The molecule has 2 bridgehead atoms. The first-order valence-electron chi connectivity index (χ1n) is 12.5. The van der Waals surface area contributed by atoms with E-state index < -0.39 is 0 Å². The molecule has 0 radical (unpaired) electrons. The van der Waals surface area contributed by atoms with E-state index in [-0.39, 0.29) is 35.3 Å². The van der Waals surface area contributed by atoms with Crippen molar-refractivity contribution in [2.45, 2.75) is 68.6 Å². The molecule has 3 aliphatic carbocycles. The van der Waals surface area contributed by atoms with Crippen LogP contribution in [0.5, 0.6) is 11.5 Å². The zero-order chi connectivity index (χ0) is 22.3. The van der Waals surface area contributed by atoms with Gasteiger partial charge in [-0.3, -0.25) is 9.69 Å². The predicted octanol–water partition coefficient (Wildman–Crippen LogP) is 4.17. The van der Waals surface area contributed by atoms with Gasteiger partial charge in [-0.1, -0.05) is 36.4 Å². The Bertz CT molecular complexity index is 1110. The van der Waals surface area contributed by atoms with E-state index in [9.17, 15) is 9.90 Å². The Kier molecular flexibility index (Phi) is 4.21. The number of esters is 1. The Morgan fingerprint density at radius 2 is 2.03 bits per heavy atom. The van der Waals surface area contributed by atoms with Gasteiger partial charge in [0.25, 0.3) is 0 Å². The van der Waals surface area contributed by atoms with E-state index in [1.165, 1.54) is 43.0 Å². The number of hydrogen-bond donors (Lipinski definition) is 1. The summed E-state index contributed by atoms with van der Waals surface area (Å²) in [5.41, 5.74) is 3.54. The normalized spacial score (nSPS) is 36.1. The largest absolute Gasteiger partial charge is 0.504 e. The fraction of sp³-hybridized carbons (Fsp3) is 0.536. The first kappa shape index (κ1) is 19.9. The van der Waals surface area contributed by atoms with Crippen LogP contribution in [0.1, 0.15) is 55.2 Å². The van der Waals surface area contributed by atoms with E-state index in [1.54, 1.807) is 6.07 Å². The van der Waals surface area contributed by atoms with Crippen LogP contribution in [0.15, 0.2) is 42.5 Å². The fourth-order valence-electron chi connectivity index (χ4n) is 7.79. The molecule has 5 nitrogen and oxygen atoms in total. The molecule has 2 aliphatic heterocycles. The van der Waals surface area contributed by atoms with Crippen LogP contribution >= 0.6 is 0 Å². The van der Waals surface area contributed by atoms with Crippen molar-refractivity contribution in [3.05, 3.63) is 59.2 Å². The number of rotatable bonds is 4. The number of phenols is 1. The Balaban J connectivity index is 1.40. The number of likely N-dealkylation sites (tertiary alicyclic amines) is 1. The van der Waals surface area contributed by atoms with Crippen molar-refractivity contribution in [1.29, 1.82) is 0 Å². The minimum Gasteiger partial charge on any atom is -0.504 e. The SMILES string of the molecule is CC(=O)O[C@H]1[C@@H](c2ccccc2)C[C@H]2[C@H]3Cc4ccc(O)c5c4[C@@]2(CCN3CC2CC2)[C@H]1O5. The van der Waals surface area contributed by atoms with Gasteiger partial charge in [-0.15, -0.1) is 0 Å². The van der Waals surface area contributed by atoms with Crippen molar-refractivity contribution in [1.82, 2.24) is 4.90 Å². The average Bonchev–Trinajstić information content (AvgIpc) is 3.56. The first-order chi connectivity index (χ1) is 16.1. The van der Waals surface area contributed by atoms with Crippen molar-refractivity contribution >= 4 is 5.97 Å². The molecule has 33 heavy (non-hydrogen) atoms. The van der Waals surface area contributed by atoms with Gasteiger partial charge in [0.05, 0.1) is 0 Å². The maximum atomic E-state index is 12.3. The molecular weight excluding hydrogens is 414 g/mol. The molecule has 3 fully saturated rings. The third kappa shape index (κ3) is 2.78. The minimum absolute atomic E-state index is 0.0830. The van der Waals surface area contributed by atoms with E-state index in [1.807, 2.05) is 6.07 Å². The minimum atomic E-state index is -0.366. The van der Waals surface area contributed by atoms with Gasteiger partial charge in [0.15, 0.2) is 11.5 Å². The van der Waals surface area contributed by atoms with Gasteiger partial charge in [0, 0.05) is 36.4 Å². The van der Waals surface area contributed by atoms with Crippen LogP contribution in [0.4, 0.5) is 0 Å². The molecule has 0 unspecified atom stereocenters. The lowest BCUT2D eigenvalue weighted by molar-refractivity contribution is -0.168. The highest BCUT2D eigenvalue weighted by atomic mass is 16.6. The zero-order valence-corrected chi connectivity index (χ0v) is 19.1. The van der Waals surface area contributed by atoms with Crippen molar-refractivity contribution < 1.29 is 19.4 Å². The fourth-order valence-corrected chi connectivity index (χ4v) is 7.79. The van der Waals surface area contributed by atoms with Crippen molar-refractivity contribution in [3.63, 3.8) is 0 Å². The van der Waals surface area contributed by atoms with Gasteiger partial charge in [-0.2, -0.15) is 0 Å². The lowest BCUT2D eigenvalue weighted by atomic mass is 9.49. The number of carbonyl (C=O) groups excluding carboxylic acids is 1. The summed E-state index contributed by atoms with van der Waals surface area (Å²) >= 11 is 0. The molecule has 1 saturated heterocycles. The molecule has 7 rings (SSSR count). The molecule has 6 atom stereocenters. The zero-order valence-electron chi connectivity index (χ0n) is 19.1. The highest BCUT2D eigenvalue weighted by Crippen LogP contribution is 2.66. The molecule has 172 valence electrons. The molecule has 5 heteroatoms. The Morgan fingerprint density at radius 1 is 1.21 bits per heavy atom. The van der Waals surface area contributed by atoms with Gasteiger partial charge in [0.2, 0.25) is 0 Å².